The van der Waals surface area contributed by atoms with Gasteiger partial charge in [-0.3, -0.25) is 0 Å². The maximum atomic E-state index is 5.47. The van der Waals surface area contributed by atoms with Crippen molar-refractivity contribution in [2.45, 2.75) is 0 Å². The minimum absolute atomic E-state index is 0.503. The van der Waals surface area contributed by atoms with Gasteiger partial charge in [0, 0.05) is 4.43 Å². The van der Waals surface area contributed by atoms with Crippen molar-refractivity contribution in [3.63, 3.8) is 0 Å². The van der Waals surface area contributed by atoms with Crippen LogP contribution >= 0.6 is 22.6 Å². The van der Waals surface area contributed by atoms with Crippen LogP contribution in [0.5, 0.6) is 0 Å². The van der Waals surface area contributed by atoms with E-state index in [4.69, 9.17) is 61.6 Å². The van der Waals surface area contributed by atoms with E-state index >= 15 is 0 Å². The molecule has 0 unspecified atom stereocenters. The average molecular weight is 727 g/mol. The highest BCUT2D eigenvalue weighted by atomic mass is 127. The lowest BCUT2D eigenvalue weighted by Crippen LogP contribution is -2.15. The van der Waals surface area contributed by atoms with Gasteiger partial charge in [0.15, 0.2) is 0 Å². The number of rotatable bonds is 39. The van der Waals surface area contributed by atoms with Gasteiger partial charge >= 0.3 is 0 Å². The number of hydrogen-bond donors (Lipinski definition) is 0. The molecule has 0 fully saturated rings. The van der Waals surface area contributed by atoms with Crippen LogP contribution in [0.15, 0.2) is 12.8 Å². The Balaban J connectivity index is 3.02. The maximum absolute atomic E-state index is 5.47. The van der Waals surface area contributed by atoms with Crippen molar-refractivity contribution in [1.29, 1.82) is 0 Å². The number of hydrogen-bond acceptors (Lipinski definition) is 13. The number of ether oxygens (including phenoxy) is 13. The second kappa shape index (κ2) is 40.8. The minimum atomic E-state index is 0.503. The van der Waals surface area contributed by atoms with E-state index < -0.39 is 0 Å². The molecule has 13 nitrogen and oxygen atoms in total. The summed E-state index contributed by atoms with van der Waals surface area (Å²) in [5.41, 5.74) is 0. The first-order chi connectivity index (χ1) is 20.9. The summed E-state index contributed by atoms with van der Waals surface area (Å²) in [5, 5.41) is 0. The molecular formula is C28H55IO13. The normalized spacial score (nSPS) is 11.4. The molecule has 0 spiro atoms. The zero-order valence-electron chi connectivity index (χ0n) is 25.4. The van der Waals surface area contributed by atoms with E-state index in [2.05, 4.69) is 29.2 Å². The van der Waals surface area contributed by atoms with Crippen LogP contribution in [0.2, 0.25) is 0 Å². The Labute approximate surface area is 266 Å². The molecule has 0 aliphatic rings. The summed E-state index contributed by atoms with van der Waals surface area (Å²) in [6, 6.07) is 0. The largest absolute Gasteiger partial charge is 0.499 e. The van der Waals surface area contributed by atoms with E-state index in [-0.39, 0.29) is 0 Å². The van der Waals surface area contributed by atoms with Crippen LogP contribution in [-0.4, -0.2) is 170 Å². The topological polar surface area (TPSA) is 120 Å². The Morgan fingerprint density at radius 3 is 0.619 bits per heavy atom. The summed E-state index contributed by atoms with van der Waals surface area (Å²) in [6.07, 6.45) is 1.40. The van der Waals surface area contributed by atoms with Crippen molar-refractivity contribution < 1.29 is 61.6 Å². The zero-order valence-corrected chi connectivity index (χ0v) is 27.5. The van der Waals surface area contributed by atoms with E-state index in [0.717, 1.165) is 11.0 Å². The third-order valence-electron chi connectivity index (χ3n) is 4.78. The van der Waals surface area contributed by atoms with Gasteiger partial charge in [0.05, 0.1) is 165 Å². The van der Waals surface area contributed by atoms with Gasteiger partial charge in [-0.1, -0.05) is 29.2 Å². The van der Waals surface area contributed by atoms with Crippen molar-refractivity contribution in [1.82, 2.24) is 0 Å². The standard InChI is InChI=1S/C28H55IO13/c1-2-30-5-6-32-9-10-34-13-14-36-17-18-38-21-22-40-25-26-42-28-27-41-24-23-39-20-19-37-16-15-35-12-11-33-8-7-31-4-3-29/h2H,1,3-28H2. The molecule has 0 atom stereocenters. The lowest BCUT2D eigenvalue weighted by molar-refractivity contribution is -0.0285. The monoisotopic (exact) mass is 726 g/mol. The number of alkyl halides is 1. The third-order valence-corrected chi connectivity index (χ3v) is 5.22. The molecule has 14 heteroatoms. The minimum Gasteiger partial charge on any atom is -0.499 e. The molecule has 0 saturated heterocycles. The second-order valence-corrected chi connectivity index (χ2v) is 9.15. The van der Waals surface area contributed by atoms with Crippen LogP contribution in [0.1, 0.15) is 0 Å². The van der Waals surface area contributed by atoms with Gasteiger partial charge in [-0.05, 0) is 0 Å². The van der Waals surface area contributed by atoms with Crippen LogP contribution in [0.4, 0.5) is 0 Å². The van der Waals surface area contributed by atoms with Crippen LogP contribution in [0, 0.1) is 0 Å². The maximum Gasteiger partial charge on any atom is 0.111 e. The smallest absolute Gasteiger partial charge is 0.111 e. The molecule has 0 aliphatic carbocycles. The molecule has 42 heavy (non-hydrogen) atoms. The fourth-order valence-electron chi connectivity index (χ4n) is 2.77. The van der Waals surface area contributed by atoms with Gasteiger partial charge in [-0.2, -0.15) is 0 Å². The van der Waals surface area contributed by atoms with Crippen LogP contribution in [-0.2, 0) is 61.6 Å². The van der Waals surface area contributed by atoms with Gasteiger partial charge in [-0.25, -0.2) is 0 Å². The van der Waals surface area contributed by atoms with E-state index in [1.54, 1.807) is 0 Å². The molecule has 0 heterocycles. The van der Waals surface area contributed by atoms with Gasteiger partial charge in [0.25, 0.3) is 0 Å². The van der Waals surface area contributed by atoms with E-state index in [0.29, 0.717) is 159 Å². The van der Waals surface area contributed by atoms with Gasteiger partial charge < -0.3 is 61.6 Å². The average Bonchev–Trinajstić information content (AvgIpc) is 3.00. The first-order valence-electron chi connectivity index (χ1n) is 14.6. The number of halogens is 1. The molecule has 0 N–H and O–H groups in total. The lowest BCUT2D eigenvalue weighted by Gasteiger charge is -2.09. The van der Waals surface area contributed by atoms with E-state index in [1.165, 1.54) is 6.26 Å². The second-order valence-electron chi connectivity index (χ2n) is 8.07. The Morgan fingerprint density at radius 1 is 0.286 bits per heavy atom. The summed E-state index contributed by atoms with van der Waals surface area (Å²) < 4.78 is 71.0. The fourth-order valence-corrected chi connectivity index (χ4v) is 3.08. The quantitative estimate of drug-likeness (QED) is 0.0397. The summed E-state index contributed by atoms with van der Waals surface area (Å²) in [7, 11) is 0. The van der Waals surface area contributed by atoms with E-state index in [9.17, 15) is 0 Å². The first kappa shape index (κ1) is 41.8. The molecular weight excluding hydrogens is 671 g/mol. The fraction of sp³-hybridized carbons (Fsp3) is 0.929. The highest BCUT2D eigenvalue weighted by Gasteiger charge is 1.96. The SMILES string of the molecule is C=COCCOCCOCCOCCOCCOCCOCCOCCOCCOCCOCCOCCOCCI. The third kappa shape index (κ3) is 39.8. The summed E-state index contributed by atoms with van der Waals surface area (Å²) >= 11 is 2.28. The first-order valence-corrected chi connectivity index (χ1v) is 16.2. The van der Waals surface area contributed by atoms with Crippen molar-refractivity contribution in [2.75, 3.05) is 170 Å². The molecule has 0 aliphatic heterocycles. The Kier molecular flexibility index (Phi) is 40.6. The highest BCUT2D eigenvalue weighted by molar-refractivity contribution is 14.1. The predicted octanol–water partition coefficient (Wildman–Crippen LogP) is 1.78. The molecule has 0 rings (SSSR count). The lowest BCUT2D eigenvalue weighted by atomic mass is 10.6. The highest BCUT2D eigenvalue weighted by Crippen LogP contribution is 1.88. The van der Waals surface area contributed by atoms with Gasteiger partial charge in [0.2, 0.25) is 0 Å². The Hall–Kier alpha value is -0.210. The van der Waals surface area contributed by atoms with Crippen LogP contribution in [0.3, 0.4) is 0 Å². The Morgan fingerprint density at radius 2 is 0.452 bits per heavy atom. The van der Waals surface area contributed by atoms with Crippen molar-refractivity contribution in [2.24, 2.45) is 0 Å². The van der Waals surface area contributed by atoms with Crippen molar-refractivity contribution in [3.8, 4) is 0 Å². The molecule has 0 aromatic carbocycles. The predicted molar refractivity (Wildman–Crippen MR) is 165 cm³/mol. The molecule has 0 amide bonds. The molecule has 0 aromatic rings. The van der Waals surface area contributed by atoms with Crippen molar-refractivity contribution >= 4 is 22.6 Å². The molecule has 0 aromatic heterocycles. The molecule has 0 radical (unpaired) electrons. The molecule has 252 valence electrons. The summed E-state index contributed by atoms with van der Waals surface area (Å²) in [4.78, 5) is 0. The summed E-state index contributed by atoms with van der Waals surface area (Å²) in [6.45, 7) is 16.9. The van der Waals surface area contributed by atoms with Crippen LogP contribution in [0.25, 0.3) is 0 Å². The van der Waals surface area contributed by atoms with Crippen LogP contribution < -0.4 is 0 Å². The zero-order chi connectivity index (χ0) is 30.3. The van der Waals surface area contributed by atoms with Crippen molar-refractivity contribution in [3.05, 3.63) is 12.8 Å². The Bertz CT molecular complexity index is 495. The van der Waals surface area contributed by atoms with Gasteiger partial charge in [0.1, 0.15) is 6.61 Å². The van der Waals surface area contributed by atoms with E-state index in [1.807, 2.05) is 0 Å². The van der Waals surface area contributed by atoms with Gasteiger partial charge in [-0.15, -0.1) is 0 Å². The summed E-state index contributed by atoms with van der Waals surface area (Å²) in [5.74, 6) is 0. The molecule has 0 bridgehead atoms. The molecule has 0 saturated carbocycles.